The Kier molecular flexibility index (Phi) is 11.6. The summed E-state index contributed by atoms with van der Waals surface area (Å²) in [4.78, 5) is -1.69. The molecular weight excluding hydrogens is 590 g/mol. The van der Waals surface area contributed by atoms with E-state index in [1.165, 1.54) is 0 Å². The number of nitrogens with zero attached hydrogens (tertiary/aromatic N) is 4. The van der Waals surface area contributed by atoms with Crippen molar-refractivity contribution in [1.29, 1.82) is 0 Å². The van der Waals surface area contributed by atoms with Crippen LogP contribution >= 0.6 is 0 Å². The molecule has 4 rings (SSSR count). The number of benzene rings is 4. The van der Waals surface area contributed by atoms with E-state index >= 15 is 0 Å². The molecule has 41 heavy (non-hydrogen) atoms. The Labute approximate surface area is 281 Å². The number of hydrogen-bond donors (Lipinski definition) is 1. The first-order valence-corrected chi connectivity index (χ1v) is 14.2. The number of fused-ring (bicyclic) bond motifs is 1. The second-order valence-electron chi connectivity index (χ2n) is 9.00. The van der Waals surface area contributed by atoms with Gasteiger partial charge in [0.15, 0.2) is 0 Å². The largest absolute Gasteiger partial charge is 1.00 e. The minimum absolute atomic E-state index is 0. The Morgan fingerprint density at radius 3 is 1.90 bits per heavy atom. The van der Waals surface area contributed by atoms with Gasteiger partial charge in [0, 0.05) is 5.39 Å². The van der Waals surface area contributed by atoms with Gasteiger partial charge in [0.25, 0.3) is 10.1 Å². The van der Waals surface area contributed by atoms with E-state index in [9.17, 15) is 31.0 Å². The molecule has 0 bridgehead atoms. The third-order valence-electron chi connectivity index (χ3n) is 5.86. The zero-order chi connectivity index (χ0) is 28.7. The monoisotopic (exact) mass is 612 g/mol. The molecule has 11 nitrogen and oxygen atoms in total. The molecule has 4 aromatic carbocycles. The first-order valence-electron chi connectivity index (χ1n) is 11.4. The van der Waals surface area contributed by atoms with Gasteiger partial charge in [-0.15, -0.1) is 10.2 Å². The molecule has 0 fully saturated rings. The molecule has 0 aliphatic rings. The SMILES string of the molecule is Cc1ccc(N=Nc2cc(C)cc(C)c2N=Nc2c([O-])c(S(=O)(=O)O)cc3cc(S(=O)(=O)[O-])ccc23)c(C)c1.[Na+].[Na+]. The average Bonchev–Trinajstić information content (AvgIpc) is 2.82. The normalized spacial score (nSPS) is 12.0. The summed E-state index contributed by atoms with van der Waals surface area (Å²) in [7, 11) is -9.91. The second kappa shape index (κ2) is 13.5. The fraction of sp³-hybridized carbons (Fsp3) is 0.154. The Balaban J connectivity index is 0.00000294. The molecule has 4 aromatic rings. The minimum Gasteiger partial charge on any atom is -0.870 e. The summed E-state index contributed by atoms with van der Waals surface area (Å²) in [5.74, 6) is -1.16. The van der Waals surface area contributed by atoms with Crippen LogP contribution in [-0.2, 0) is 20.2 Å². The van der Waals surface area contributed by atoms with Crippen LogP contribution in [0.25, 0.3) is 10.8 Å². The standard InChI is InChI=1S/C26H24N4O7S2.2Na/c1-14-5-8-21(16(3)9-14)27-28-22-11-15(2)10-17(4)24(22)29-30-25-20-7-6-19(38(32,33)34)12-18(20)13-23(26(25)31)39(35,36)37;;/h5-13,31H,1-4H3,(H,32,33,34)(H,35,36,37);;/q;2*+1/p-2. The molecule has 15 heteroatoms. The van der Waals surface area contributed by atoms with Crippen LogP contribution in [0.3, 0.4) is 0 Å². The zero-order valence-corrected chi connectivity index (χ0v) is 28.8. The van der Waals surface area contributed by atoms with Gasteiger partial charge in [-0.3, -0.25) is 4.55 Å². The van der Waals surface area contributed by atoms with Crippen LogP contribution in [0.5, 0.6) is 5.75 Å². The van der Waals surface area contributed by atoms with Gasteiger partial charge in [0.1, 0.15) is 21.5 Å². The second-order valence-corrected chi connectivity index (χ2v) is 11.8. The predicted molar refractivity (Wildman–Crippen MR) is 141 cm³/mol. The Morgan fingerprint density at radius 2 is 1.29 bits per heavy atom. The number of aryl methyl sites for hydroxylation is 4. The number of rotatable bonds is 6. The molecule has 0 aromatic heterocycles. The predicted octanol–water partition coefficient (Wildman–Crippen LogP) is 0.137. The van der Waals surface area contributed by atoms with Crippen molar-refractivity contribution in [3.05, 3.63) is 76.9 Å². The zero-order valence-electron chi connectivity index (χ0n) is 23.2. The van der Waals surface area contributed by atoms with Gasteiger partial charge in [-0.2, -0.15) is 18.6 Å². The van der Waals surface area contributed by atoms with Gasteiger partial charge in [0.05, 0.1) is 21.2 Å². The molecule has 1 N–H and O–H groups in total. The van der Waals surface area contributed by atoms with E-state index in [1.807, 2.05) is 39.0 Å². The van der Waals surface area contributed by atoms with E-state index in [1.54, 1.807) is 19.1 Å². The number of hydrogen-bond acceptors (Lipinski definition) is 10. The van der Waals surface area contributed by atoms with Crippen molar-refractivity contribution in [3.63, 3.8) is 0 Å². The summed E-state index contributed by atoms with van der Waals surface area (Å²) < 4.78 is 67.8. The van der Waals surface area contributed by atoms with E-state index in [-0.39, 0.29) is 75.6 Å². The van der Waals surface area contributed by atoms with Crippen molar-refractivity contribution in [2.24, 2.45) is 20.5 Å². The van der Waals surface area contributed by atoms with Crippen LogP contribution in [0.15, 0.2) is 84.8 Å². The van der Waals surface area contributed by atoms with E-state index in [0.717, 1.165) is 41.0 Å². The maximum absolute atomic E-state index is 13.0. The van der Waals surface area contributed by atoms with Crippen molar-refractivity contribution in [1.82, 2.24) is 0 Å². The summed E-state index contributed by atoms with van der Waals surface area (Å²) >= 11 is 0. The maximum atomic E-state index is 13.0. The Bertz CT molecular complexity index is 1930. The molecule has 0 saturated carbocycles. The molecule has 0 aliphatic carbocycles. The molecule has 0 spiro atoms. The van der Waals surface area contributed by atoms with Crippen molar-refractivity contribution in [3.8, 4) is 5.75 Å². The summed E-state index contributed by atoms with van der Waals surface area (Å²) in [6.45, 7) is 7.45. The van der Waals surface area contributed by atoms with E-state index in [4.69, 9.17) is 0 Å². The van der Waals surface area contributed by atoms with Crippen molar-refractivity contribution >= 4 is 53.8 Å². The van der Waals surface area contributed by atoms with Crippen LogP contribution in [0.4, 0.5) is 22.7 Å². The van der Waals surface area contributed by atoms with Crippen molar-refractivity contribution in [2.75, 3.05) is 0 Å². The molecular formula is C26H22N4Na2O7S2. The van der Waals surface area contributed by atoms with Crippen LogP contribution in [0.1, 0.15) is 22.3 Å². The van der Waals surface area contributed by atoms with Crippen LogP contribution in [0, 0.1) is 27.7 Å². The van der Waals surface area contributed by atoms with Gasteiger partial charge in [0.2, 0.25) is 0 Å². The molecule has 0 atom stereocenters. The summed E-state index contributed by atoms with van der Waals surface area (Å²) in [6, 6.07) is 13.0. The number of azo groups is 2. The molecule has 0 radical (unpaired) electrons. The van der Waals surface area contributed by atoms with E-state index in [2.05, 4.69) is 20.5 Å². The van der Waals surface area contributed by atoms with Crippen LogP contribution < -0.4 is 64.2 Å². The summed E-state index contributed by atoms with van der Waals surface area (Å²) in [5, 5.41) is 29.8. The Hall–Kier alpha value is -2.04. The third kappa shape index (κ3) is 8.08. The van der Waals surface area contributed by atoms with Gasteiger partial charge in [-0.05, 0) is 80.1 Å². The van der Waals surface area contributed by atoms with Gasteiger partial charge in [-0.25, -0.2) is 8.42 Å². The summed E-state index contributed by atoms with van der Waals surface area (Å²) in [6.07, 6.45) is 0. The first kappa shape index (κ1) is 35.2. The molecule has 0 saturated heterocycles. The first-order chi connectivity index (χ1) is 18.1. The summed E-state index contributed by atoms with van der Waals surface area (Å²) in [5.41, 5.74) is 4.21. The molecule has 0 unspecified atom stereocenters. The third-order valence-corrected chi connectivity index (χ3v) is 7.55. The maximum Gasteiger partial charge on any atom is 1.00 e. The molecule has 202 valence electrons. The van der Waals surface area contributed by atoms with Crippen LogP contribution in [-0.4, -0.2) is 25.9 Å². The van der Waals surface area contributed by atoms with E-state index < -0.39 is 41.5 Å². The van der Waals surface area contributed by atoms with Crippen molar-refractivity contribution < 1.29 is 90.2 Å². The fourth-order valence-electron chi connectivity index (χ4n) is 4.04. The van der Waals surface area contributed by atoms with Gasteiger partial charge >= 0.3 is 59.1 Å². The topological polar surface area (TPSA) is 184 Å². The minimum atomic E-state index is -5.02. The molecule has 0 heterocycles. The van der Waals surface area contributed by atoms with Gasteiger partial charge in [-0.1, -0.05) is 35.6 Å². The quantitative estimate of drug-likeness (QED) is 0.182. The average molecular weight is 613 g/mol. The fourth-order valence-corrected chi connectivity index (χ4v) is 5.15. The molecule has 0 aliphatic heterocycles. The van der Waals surface area contributed by atoms with E-state index in [0.29, 0.717) is 16.9 Å². The van der Waals surface area contributed by atoms with Crippen molar-refractivity contribution in [2.45, 2.75) is 37.5 Å². The van der Waals surface area contributed by atoms with Crippen LogP contribution in [0.2, 0.25) is 0 Å². The van der Waals surface area contributed by atoms with Gasteiger partial charge < -0.3 is 9.66 Å². The smallest absolute Gasteiger partial charge is 0.870 e. The molecule has 0 amide bonds. The Morgan fingerprint density at radius 1 is 0.683 bits per heavy atom.